The van der Waals surface area contributed by atoms with Crippen molar-refractivity contribution in [2.24, 2.45) is 0 Å². The largest absolute Gasteiger partial charge is 0.395 e. The fraction of sp³-hybridized carbons (Fsp3) is 0.500. The Morgan fingerprint density at radius 2 is 2.12 bits per heavy atom. The number of nitrogens with zero attached hydrogens (tertiary/aromatic N) is 4. The highest BCUT2D eigenvalue weighted by atomic mass is 15.3. The monoisotopic (exact) mass is 231 g/mol. The number of nitrogen functional groups attached to an aromatic ring is 1. The molecule has 1 fully saturated rings. The summed E-state index contributed by atoms with van der Waals surface area (Å²) in [5, 5.41) is 8.94. The molecular formula is C12H17N5. The second-order valence-electron chi connectivity index (χ2n) is 4.13. The van der Waals surface area contributed by atoms with E-state index >= 15 is 0 Å². The van der Waals surface area contributed by atoms with Crippen LogP contribution in [0.1, 0.15) is 12.5 Å². The van der Waals surface area contributed by atoms with Crippen LogP contribution in [0.2, 0.25) is 0 Å². The molecule has 0 saturated carbocycles. The summed E-state index contributed by atoms with van der Waals surface area (Å²) in [5.74, 6) is 0.750. The fourth-order valence-electron chi connectivity index (χ4n) is 2.09. The Hall–Kier alpha value is -1.80. The number of anilines is 2. The van der Waals surface area contributed by atoms with Gasteiger partial charge in [0.15, 0.2) is 5.82 Å². The van der Waals surface area contributed by atoms with Gasteiger partial charge in [0.1, 0.15) is 6.07 Å². The van der Waals surface area contributed by atoms with Crippen LogP contribution in [-0.2, 0) is 0 Å². The topological polar surface area (TPSA) is 69.2 Å². The minimum atomic E-state index is 0.500. The van der Waals surface area contributed by atoms with Gasteiger partial charge in [-0.3, -0.25) is 0 Å². The van der Waals surface area contributed by atoms with Crippen LogP contribution in [0.15, 0.2) is 12.3 Å². The number of hydrogen-bond acceptors (Lipinski definition) is 5. The maximum Gasteiger partial charge on any atom is 0.153 e. The second-order valence-corrected chi connectivity index (χ2v) is 4.13. The van der Waals surface area contributed by atoms with Gasteiger partial charge in [-0.2, -0.15) is 5.26 Å². The summed E-state index contributed by atoms with van der Waals surface area (Å²) in [6.07, 6.45) is 1.65. The Bertz CT molecular complexity index is 429. The first-order valence-corrected chi connectivity index (χ1v) is 5.88. The van der Waals surface area contributed by atoms with Crippen LogP contribution in [0.25, 0.3) is 0 Å². The highest BCUT2D eigenvalue weighted by Gasteiger charge is 2.19. The molecule has 0 atom stereocenters. The smallest absolute Gasteiger partial charge is 0.153 e. The van der Waals surface area contributed by atoms with E-state index in [0.29, 0.717) is 11.3 Å². The van der Waals surface area contributed by atoms with Gasteiger partial charge in [0.2, 0.25) is 0 Å². The van der Waals surface area contributed by atoms with Crippen molar-refractivity contribution in [2.45, 2.75) is 6.92 Å². The quantitative estimate of drug-likeness (QED) is 0.810. The molecule has 0 bridgehead atoms. The van der Waals surface area contributed by atoms with Gasteiger partial charge in [0.05, 0.1) is 11.3 Å². The fourth-order valence-corrected chi connectivity index (χ4v) is 2.09. The van der Waals surface area contributed by atoms with Gasteiger partial charge in [0, 0.05) is 32.4 Å². The molecule has 90 valence electrons. The van der Waals surface area contributed by atoms with E-state index in [4.69, 9.17) is 11.0 Å². The summed E-state index contributed by atoms with van der Waals surface area (Å²) in [6.45, 7) is 7.12. The Morgan fingerprint density at radius 1 is 1.41 bits per heavy atom. The number of likely N-dealkylation sites (N-methyl/N-ethyl adjacent to an activating group) is 1. The first-order chi connectivity index (χ1) is 8.26. The van der Waals surface area contributed by atoms with Gasteiger partial charge in [-0.1, -0.05) is 6.92 Å². The van der Waals surface area contributed by atoms with E-state index in [1.807, 2.05) is 0 Å². The molecule has 0 unspecified atom stereocenters. The third-order valence-electron chi connectivity index (χ3n) is 3.21. The van der Waals surface area contributed by atoms with E-state index < -0.39 is 0 Å². The number of pyridine rings is 1. The molecule has 0 spiro atoms. The zero-order valence-electron chi connectivity index (χ0n) is 10.1. The Morgan fingerprint density at radius 3 is 2.71 bits per heavy atom. The normalized spacial score (nSPS) is 16.8. The van der Waals surface area contributed by atoms with Gasteiger partial charge < -0.3 is 15.5 Å². The summed E-state index contributed by atoms with van der Waals surface area (Å²) in [5.41, 5.74) is 6.96. The van der Waals surface area contributed by atoms with Crippen LogP contribution in [0.3, 0.4) is 0 Å². The minimum Gasteiger partial charge on any atom is -0.395 e. The van der Waals surface area contributed by atoms with E-state index in [1.165, 1.54) is 0 Å². The molecule has 0 radical (unpaired) electrons. The third kappa shape index (κ3) is 2.32. The van der Waals surface area contributed by atoms with Crippen LogP contribution in [0.4, 0.5) is 11.5 Å². The maximum atomic E-state index is 8.94. The van der Waals surface area contributed by atoms with Crippen molar-refractivity contribution in [3.05, 3.63) is 17.8 Å². The molecule has 1 aromatic rings. The van der Waals surface area contributed by atoms with Crippen LogP contribution >= 0.6 is 0 Å². The van der Waals surface area contributed by atoms with Crippen LogP contribution in [0.5, 0.6) is 0 Å². The number of rotatable bonds is 2. The Balaban J connectivity index is 2.16. The van der Waals surface area contributed by atoms with Crippen molar-refractivity contribution in [1.82, 2.24) is 9.88 Å². The van der Waals surface area contributed by atoms with E-state index in [-0.39, 0.29) is 0 Å². The maximum absolute atomic E-state index is 8.94. The second kappa shape index (κ2) is 5.02. The first-order valence-electron chi connectivity index (χ1n) is 5.88. The molecule has 5 nitrogen and oxygen atoms in total. The molecule has 5 heteroatoms. The molecule has 2 heterocycles. The summed E-state index contributed by atoms with van der Waals surface area (Å²) in [6, 6.07) is 3.75. The molecule has 1 aliphatic heterocycles. The highest BCUT2D eigenvalue weighted by molar-refractivity contribution is 5.70. The van der Waals surface area contributed by atoms with E-state index in [9.17, 15) is 0 Å². The lowest BCUT2D eigenvalue weighted by Crippen LogP contribution is -2.46. The summed E-state index contributed by atoms with van der Waals surface area (Å²) in [4.78, 5) is 8.84. The van der Waals surface area contributed by atoms with E-state index in [2.05, 4.69) is 27.8 Å². The standard InChI is InChI=1S/C12H17N5/c1-2-16-5-7-17(8-6-16)12-11(14)10(9-13)3-4-15-12/h3-4H,2,5-8,14H2,1H3. The minimum absolute atomic E-state index is 0.500. The SMILES string of the molecule is CCN1CCN(c2nccc(C#N)c2N)CC1. The molecule has 1 aliphatic rings. The molecule has 0 aromatic carbocycles. The lowest BCUT2D eigenvalue weighted by molar-refractivity contribution is 0.270. The lowest BCUT2D eigenvalue weighted by Gasteiger charge is -2.35. The molecular weight excluding hydrogens is 214 g/mol. The van der Waals surface area contributed by atoms with Crippen LogP contribution in [-0.4, -0.2) is 42.6 Å². The van der Waals surface area contributed by atoms with Crippen LogP contribution < -0.4 is 10.6 Å². The third-order valence-corrected chi connectivity index (χ3v) is 3.21. The summed E-state index contributed by atoms with van der Waals surface area (Å²) in [7, 11) is 0. The lowest BCUT2D eigenvalue weighted by atomic mass is 10.2. The average Bonchev–Trinajstić information content (AvgIpc) is 2.39. The van der Waals surface area contributed by atoms with Gasteiger partial charge in [-0.15, -0.1) is 0 Å². The summed E-state index contributed by atoms with van der Waals surface area (Å²) < 4.78 is 0. The zero-order valence-corrected chi connectivity index (χ0v) is 10.1. The number of nitriles is 1. The molecule has 0 aliphatic carbocycles. The first kappa shape index (κ1) is 11.7. The molecule has 1 saturated heterocycles. The highest BCUT2D eigenvalue weighted by Crippen LogP contribution is 2.24. The number of nitrogens with two attached hydrogens (primary N) is 1. The number of hydrogen-bond donors (Lipinski definition) is 1. The molecule has 17 heavy (non-hydrogen) atoms. The van der Waals surface area contributed by atoms with Crippen molar-refractivity contribution in [3.63, 3.8) is 0 Å². The Labute approximate surface area is 101 Å². The van der Waals surface area contributed by atoms with Gasteiger partial charge in [-0.25, -0.2) is 4.98 Å². The number of aromatic nitrogens is 1. The predicted octanol–water partition coefficient (Wildman–Crippen LogP) is 0.677. The van der Waals surface area contributed by atoms with E-state index in [1.54, 1.807) is 12.3 Å². The molecule has 2 N–H and O–H groups in total. The Kier molecular flexibility index (Phi) is 3.45. The molecule has 2 rings (SSSR count). The van der Waals surface area contributed by atoms with Crippen LogP contribution in [0, 0.1) is 11.3 Å². The van der Waals surface area contributed by atoms with Gasteiger partial charge in [0.25, 0.3) is 0 Å². The number of piperazine rings is 1. The average molecular weight is 231 g/mol. The van der Waals surface area contributed by atoms with Gasteiger partial charge in [-0.05, 0) is 12.6 Å². The summed E-state index contributed by atoms with van der Waals surface area (Å²) >= 11 is 0. The predicted molar refractivity (Wildman–Crippen MR) is 67.7 cm³/mol. The van der Waals surface area contributed by atoms with Crippen molar-refractivity contribution in [2.75, 3.05) is 43.4 Å². The van der Waals surface area contributed by atoms with Crippen molar-refractivity contribution in [1.29, 1.82) is 5.26 Å². The molecule has 1 aromatic heterocycles. The zero-order chi connectivity index (χ0) is 12.3. The van der Waals surface area contributed by atoms with Crippen molar-refractivity contribution < 1.29 is 0 Å². The van der Waals surface area contributed by atoms with E-state index in [0.717, 1.165) is 38.5 Å². The van der Waals surface area contributed by atoms with Crippen molar-refractivity contribution in [3.8, 4) is 6.07 Å². The molecule has 0 amide bonds. The van der Waals surface area contributed by atoms with Crippen molar-refractivity contribution >= 4 is 11.5 Å². The van der Waals surface area contributed by atoms with Gasteiger partial charge >= 0.3 is 0 Å².